The monoisotopic (exact) mass is 552 g/mol. The standard InChI is InChI=1S/C26H29ClN8O4/c1-16-14-33(22-6-5-19(35(37)38)11-20(16)22)23-21(27)13-28-24(31-23)30-17-12-29-34(15-17)18-7-9-32(10-8-18)25(36)39-26(2,3)4/h5-6,11-15,18H,7-10H2,1-4H3,(H,28,30,31). The van der Waals surface area contributed by atoms with Crippen LogP contribution in [0.1, 0.15) is 45.2 Å². The molecule has 1 N–H and O–H groups in total. The summed E-state index contributed by atoms with van der Waals surface area (Å²) in [4.78, 5) is 33.8. The van der Waals surface area contributed by atoms with E-state index < -0.39 is 10.5 Å². The minimum absolute atomic E-state index is 0.0204. The maximum atomic E-state index is 12.4. The summed E-state index contributed by atoms with van der Waals surface area (Å²) in [6.07, 6.45) is 8.18. The topological polar surface area (TPSA) is 133 Å². The first-order valence-corrected chi connectivity index (χ1v) is 12.9. The van der Waals surface area contributed by atoms with Gasteiger partial charge in [0.2, 0.25) is 5.95 Å². The van der Waals surface area contributed by atoms with Crippen molar-refractivity contribution < 1.29 is 14.5 Å². The molecule has 1 aliphatic rings. The number of rotatable bonds is 5. The molecule has 12 nitrogen and oxygen atoms in total. The number of nitrogens with zero attached hydrogens (tertiary/aromatic N) is 7. The SMILES string of the molecule is Cc1cn(-c2nc(Nc3cnn(C4CCN(C(=O)OC(C)(C)C)CC4)c3)ncc2Cl)c2ccc([N+](=O)[O-])cc12. The van der Waals surface area contributed by atoms with Crippen molar-refractivity contribution in [1.29, 1.82) is 0 Å². The summed E-state index contributed by atoms with van der Waals surface area (Å²) in [7, 11) is 0. The molecule has 0 unspecified atom stereocenters. The zero-order valence-electron chi connectivity index (χ0n) is 22.1. The van der Waals surface area contributed by atoms with E-state index in [4.69, 9.17) is 16.3 Å². The maximum absolute atomic E-state index is 12.4. The fraction of sp³-hybridized carbons (Fsp3) is 0.385. The quantitative estimate of drug-likeness (QED) is 0.242. The van der Waals surface area contributed by atoms with Crippen LogP contribution in [0.4, 0.5) is 22.1 Å². The summed E-state index contributed by atoms with van der Waals surface area (Å²) < 4.78 is 9.17. The van der Waals surface area contributed by atoms with Crippen LogP contribution in [0.3, 0.4) is 0 Å². The number of aromatic nitrogens is 5. The number of benzene rings is 1. The van der Waals surface area contributed by atoms with E-state index in [1.165, 1.54) is 12.3 Å². The Morgan fingerprint density at radius 1 is 1.21 bits per heavy atom. The van der Waals surface area contributed by atoms with Crippen molar-refractivity contribution in [1.82, 2.24) is 29.2 Å². The smallest absolute Gasteiger partial charge is 0.410 e. The molecule has 0 radical (unpaired) electrons. The zero-order chi connectivity index (χ0) is 27.9. The van der Waals surface area contributed by atoms with Crippen LogP contribution < -0.4 is 5.32 Å². The van der Waals surface area contributed by atoms with E-state index in [1.807, 2.05) is 44.8 Å². The Hall–Kier alpha value is -4.19. The highest BCUT2D eigenvalue weighted by Crippen LogP contribution is 2.31. The Morgan fingerprint density at radius 2 is 1.95 bits per heavy atom. The molecule has 1 fully saturated rings. The zero-order valence-corrected chi connectivity index (χ0v) is 22.8. The normalized spacial score (nSPS) is 14.5. The number of ether oxygens (including phenoxy) is 1. The van der Waals surface area contributed by atoms with E-state index in [0.29, 0.717) is 35.6 Å². The van der Waals surface area contributed by atoms with Crippen molar-refractivity contribution in [2.24, 2.45) is 0 Å². The van der Waals surface area contributed by atoms with E-state index in [0.717, 1.165) is 29.3 Å². The number of amides is 1. The summed E-state index contributed by atoms with van der Waals surface area (Å²) in [5.41, 5.74) is 1.81. The van der Waals surface area contributed by atoms with Crippen LogP contribution in [0.15, 0.2) is 43.0 Å². The minimum Gasteiger partial charge on any atom is -0.444 e. The van der Waals surface area contributed by atoms with Crippen LogP contribution in [0.2, 0.25) is 5.02 Å². The molecule has 4 heterocycles. The summed E-state index contributed by atoms with van der Waals surface area (Å²) in [6.45, 7) is 8.65. The van der Waals surface area contributed by atoms with Gasteiger partial charge in [-0.3, -0.25) is 19.4 Å². The molecule has 0 saturated carbocycles. The number of nitrogens with one attached hydrogen (secondary N) is 1. The third-order valence-corrected chi connectivity index (χ3v) is 6.77. The molecular weight excluding hydrogens is 524 g/mol. The maximum Gasteiger partial charge on any atom is 0.410 e. The predicted octanol–water partition coefficient (Wildman–Crippen LogP) is 5.80. The van der Waals surface area contributed by atoms with Gasteiger partial charge in [0.15, 0.2) is 5.82 Å². The second kappa shape index (κ2) is 10.2. The number of anilines is 2. The lowest BCUT2D eigenvalue weighted by Gasteiger charge is -2.33. The Bertz CT molecular complexity index is 1550. The Morgan fingerprint density at radius 3 is 2.64 bits per heavy atom. The number of fused-ring (bicyclic) bond motifs is 1. The molecule has 204 valence electrons. The van der Waals surface area contributed by atoms with Crippen LogP contribution >= 0.6 is 11.6 Å². The fourth-order valence-corrected chi connectivity index (χ4v) is 4.81. The third-order valence-electron chi connectivity index (χ3n) is 6.50. The van der Waals surface area contributed by atoms with Gasteiger partial charge in [-0.2, -0.15) is 10.1 Å². The second-order valence-electron chi connectivity index (χ2n) is 10.5. The molecule has 0 spiro atoms. The number of carbonyl (C=O) groups excluding carboxylic acids is 1. The molecule has 0 aliphatic carbocycles. The number of aryl methyl sites for hydroxylation is 1. The Balaban J connectivity index is 1.30. The molecule has 0 atom stereocenters. The molecule has 0 bridgehead atoms. The predicted molar refractivity (Wildman–Crippen MR) is 147 cm³/mol. The van der Waals surface area contributed by atoms with Crippen molar-refractivity contribution in [3.63, 3.8) is 0 Å². The van der Waals surface area contributed by atoms with Gasteiger partial charge in [0.25, 0.3) is 5.69 Å². The van der Waals surface area contributed by atoms with Gasteiger partial charge < -0.3 is 15.0 Å². The average Bonchev–Trinajstić information content (AvgIpc) is 3.48. The number of nitro benzene ring substituents is 1. The van der Waals surface area contributed by atoms with Gasteiger partial charge in [-0.25, -0.2) is 9.78 Å². The van der Waals surface area contributed by atoms with Crippen molar-refractivity contribution in [2.45, 2.75) is 52.2 Å². The minimum atomic E-state index is -0.520. The second-order valence-corrected chi connectivity index (χ2v) is 10.9. The van der Waals surface area contributed by atoms with Crippen LogP contribution in [0.25, 0.3) is 16.7 Å². The number of likely N-dealkylation sites (tertiary alicyclic amines) is 1. The number of hydrogen-bond acceptors (Lipinski definition) is 8. The van der Waals surface area contributed by atoms with Gasteiger partial charge in [0.05, 0.1) is 34.6 Å². The largest absolute Gasteiger partial charge is 0.444 e. The molecule has 4 aromatic rings. The summed E-state index contributed by atoms with van der Waals surface area (Å²) >= 11 is 6.46. The molecule has 3 aromatic heterocycles. The number of halogens is 1. The third kappa shape index (κ3) is 5.65. The summed E-state index contributed by atoms with van der Waals surface area (Å²) in [6, 6.07) is 4.84. The Kier molecular flexibility index (Phi) is 6.89. The number of non-ortho nitro benzene ring substituents is 1. The van der Waals surface area contributed by atoms with E-state index in [1.54, 1.807) is 27.8 Å². The van der Waals surface area contributed by atoms with Crippen molar-refractivity contribution in [3.8, 4) is 5.82 Å². The molecular formula is C26H29ClN8O4. The van der Waals surface area contributed by atoms with Gasteiger partial charge in [-0.05, 0) is 52.2 Å². The van der Waals surface area contributed by atoms with E-state index in [-0.39, 0.29) is 17.8 Å². The lowest BCUT2D eigenvalue weighted by molar-refractivity contribution is -0.384. The van der Waals surface area contributed by atoms with E-state index >= 15 is 0 Å². The number of piperidine rings is 1. The number of hydrogen-bond donors (Lipinski definition) is 1. The van der Waals surface area contributed by atoms with Crippen molar-refractivity contribution in [3.05, 3.63) is 63.7 Å². The lowest BCUT2D eigenvalue weighted by Crippen LogP contribution is -2.42. The first-order chi connectivity index (χ1) is 18.5. The highest BCUT2D eigenvalue weighted by Gasteiger charge is 2.28. The summed E-state index contributed by atoms with van der Waals surface area (Å²) in [5, 5.41) is 20.0. The van der Waals surface area contributed by atoms with Crippen LogP contribution in [0, 0.1) is 17.0 Å². The van der Waals surface area contributed by atoms with Gasteiger partial charge in [0, 0.05) is 43.0 Å². The number of carbonyl (C=O) groups is 1. The number of nitro groups is 1. The first-order valence-electron chi connectivity index (χ1n) is 12.6. The van der Waals surface area contributed by atoms with Gasteiger partial charge >= 0.3 is 6.09 Å². The van der Waals surface area contributed by atoms with E-state index in [9.17, 15) is 14.9 Å². The van der Waals surface area contributed by atoms with Crippen LogP contribution in [0.5, 0.6) is 0 Å². The molecule has 1 amide bonds. The fourth-order valence-electron chi connectivity index (χ4n) is 4.63. The lowest BCUT2D eigenvalue weighted by atomic mass is 10.1. The highest BCUT2D eigenvalue weighted by atomic mass is 35.5. The average molecular weight is 553 g/mol. The highest BCUT2D eigenvalue weighted by molar-refractivity contribution is 6.32. The molecule has 5 rings (SSSR count). The van der Waals surface area contributed by atoms with Gasteiger partial charge in [-0.15, -0.1) is 0 Å². The van der Waals surface area contributed by atoms with Crippen LogP contribution in [-0.2, 0) is 4.74 Å². The van der Waals surface area contributed by atoms with Crippen molar-refractivity contribution in [2.75, 3.05) is 18.4 Å². The molecule has 1 aliphatic heterocycles. The van der Waals surface area contributed by atoms with Crippen molar-refractivity contribution >= 4 is 45.9 Å². The molecule has 1 saturated heterocycles. The molecule has 39 heavy (non-hydrogen) atoms. The van der Waals surface area contributed by atoms with E-state index in [2.05, 4.69) is 20.4 Å². The Labute approximate surface area is 229 Å². The first kappa shape index (κ1) is 26.4. The van der Waals surface area contributed by atoms with Gasteiger partial charge in [0.1, 0.15) is 10.6 Å². The summed E-state index contributed by atoms with van der Waals surface area (Å²) in [5.74, 6) is 0.776. The molecule has 1 aromatic carbocycles. The molecule has 13 heteroatoms. The van der Waals surface area contributed by atoms with Gasteiger partial charge in [-0.1, -0.05) is 11.6 Å². The van der Waals surface area contributed by atoms with Crippen LogP contribution in [-0.4, -0.2) is 58.9 Å².